The van der Waals surface area contributed by atoms with Crippen molar-refractivity contribution in [1.29, 1.82) is 0 Å². The van der Waals surface area contributed by atoms with Gasteiger partial charge in [-0.25, -0.2) is 0 Å². The van der Waals surface area contributed by atoms with Crippen LogP contribution in [0.2, 0.25) is 0 Å². The second-order valence-corrected chi connectivity index (χ2v) is 4.78. The molecule has 1 unspecified atom stereocenters. The van der Waals surface area contributed by atoms with E-state index in [4.69, 9.17) is 5.73 Å². The fourth-order valence-electron chi connectivity index (χ4n) is 1.81. The maximum absolute atomic E-state index is 11.5. The first-order valence-electron chi connectivity index (χ1n) is 4.93. The number of carbonyl (C=O) groups is 1. The number of hydrogen-bond donors (Lipinski definition) is 1. The Bertz CT molecular complexity index is 381. The fourth-order valence-corrected chi connectivity index (χ4v) is 2.26. The van der Waals surface area contributed by atoms with Crippen LogP contribution in [0.3, 0.4) is 0 Å². The third-order valence-electron chi connectivity index (χ3n) is 2.51. The number of amides is 1. The number of halogens is 1. The molecule has 15 heavy (non-hydrogen) atoms. The Morgan fingerprint density at radius 2 is 2.33 bits per heavy atom. The monoisotopic (exact) mass is 268 g/mol. The minimum Gasteiger partial charge on any atom is -0.337 e. The molecule has 1 amide bonds. The van der Waals surface area contributed by atoms with Crippen LogP contribution in [0.25, 0.3) is 0 Å². The van der Waals surface area contributed by atoms with Crippen molar-refractivity contribution in [3.63, 3.8) is 0 Å². The van der Waals surface area contributed by atoms with E-state index in [9.17, 15) is 4.79 Å². The molecular formula is C11H13BrN2O. The highest BCUT2D eigenvalue weighted by atomic mass is 79.9. The summed E-state index contributed by atoms with van der Waals surface area (Å²) in [5.74, 6) is 0.155. The second kappa shape index (κ2) is 4.33. The summed E-state index contributed by atoms with van der Waals surface area (Å²) >= 11 is 3.41. The van der Waals surface area contributed by atoms with Crippen molar-refractivity contribution >= 4 is 21.8 Å². The highest BCUT2D eigenvalue weighted by molar-refractivity contribution is 9.10. The highest BCUT2D eigenvalue weighted by Crippen LogP contribution is 2.16. The Morgan fingerprint density at radius 3 is 2.93 bits per heavy atom. The molecule has 1 aromatic carbocycles. The highest BCUT2D eigenvalue weighted by Gasteiger charge is 2.26. The zero-order valence-corrected chi connectivity index (χ0v) is 9.90. The van der Waals surface area contributed by atoms with Crippen LogP contribution in [0.5, 0.6) is 0 Å². The quantitative estimate of drug-likeness (QED) is 0.884. The summed E-state index contributed by atoms with van der Waals surface area (Å²) in [7, 11) is 0. The summed E-state index contributed by atoms with van der Waals surface area (Å²) in [5, 5.41) is 0. The molecule has 1 saturated heterocycles. The van der Waals surface area contributed by atoms with Crippen molar-refractivity contribution < 1.29 is 4.79 Å². The molecule has 0 spiro atoms. The number of benzene rings is 1. The van der Waals surface area contributed by atoms with Crippen molar-refractivity contribution in [2.75, 3.05) is 6.54 Å². The molecule has 1 heterocycles. The van der Waals surface area contributed by atoms with Gasteiger partial charge in [-0.3, -0.25) is 4.79 Å². The minimum absolute atomic E-state index is 0.00431. The predicted octanol–water partition coefficient (Wildman–Crippen LogP) is 1.51. The number of nitrogens with zero attached hydrogens (tertiary/aromatic N) is 1. The third kappa shape index (κ3) is 2.58. The van der Waals surface area contributed by atoms with Gasteiger partial charge >= 0.3 is 0 Å². The van der Waals surface area contributed by atoms with Crippen molar-refractivity contribution in [1.82, 2.24) is 4.90 Å². The van der Waals surface area contributed by atoms with Gasteiger partial charge in [-0.1, -0.05) is 28.1 Å². The molecule has 80 valence electrons. The molecule has 2 N–H and O–H groups in total. The summed E-state index contributed by atoms with van der Waals surface area (Å²) in [5.41, 5.74) is 6.86. The van der Waals surface area contributed by atoms with Gasteiger partial charge in [0.1, 0.15) is 0 Å². The molecule has 4 heteroatoms. The zero-order chi connectivity index (χ0) is 10.8. The molecular weight excluding hydrogens is 256 g/mol. The first-order chi connectivity index (χ1) is 7.15. The van der Waals surface area contributed by atoms with E-state index in [0.29, 0.717) is 19.5 Å². The summed E-state index contributed by atoms with van der Waals surface area (Å²) < 4.78 is 1.04. The van der Waals surface area contributed by atoms with Crippen molar-refractivity contribution in [2.45, 2.75) is 19.0 Å². The number of rotatable bonds is 2. The predicted molar refractivity (Wildman–Crippen MR) is 62.2 cm³/mol. The largest absolute Gasteiger partial charge is 0.337 e. The minimum atomic E-state index is 0.00431. The van der Waals surface area contributed by atoms with Crippen LogP contribution < -0.4 is 5.73 Å². The molecule has 1 aliphatic heterocycles. The van der Waals surface area contributed by atoms with Crippen LogP contribution in [0.15, 0.2) is 28.7 Å². The van der Waals surface area contributed by atoms with E-state index in [1.54, 1.807) is 0 Å². The lowest BCUT2D eigenvalue weighted by Crippen LogP contribution is -2.27. The summed E-state index contributed by atoms with van der Waals surface area (Å²) in [4.78, 5) is 13.3. The number of hydrogen-bond acceptors (Lipinski definition) is 2. The third-order valence-corrected chi connectivity index (χ3v) is 3.00. The maximum atomic E-state index is 11.5. The van der Waals surface area contributed by atoms with Crippen molar-refractivity contribution in [2.24, 2.45) is 5.73 Å². The van der Waals surface area contributed by atoms with Crippen molar-refractivity contribution in [3.05, 3.63) is 34.3 Å². The average Bonchev–Trinajstić information content (AvgIpc) is 2.45. The van der Waals surface area contributed by atoms with Gasteiger partial charge in [0.05, 0.1) is 0 Å². The van der Waals surface area contributed by atoms with Crippen LogP contribution in [0.4, 0.5) is 0 Å². The molecule has 0 radical (unpaired) electrons. The van der Waals surface area contributed by atoms with E-state index in [2.05, 4.69) is 15.9 Å². The lowest BCUT2D eigenvalue weighted by molar-refractivity contribution is -0.128. The summed E-state index contributed by atoms with van der Waals surface area (Å²) in [6, 6.07) is 7.99. The molecule has 0 bridgehead atoms. The van der Waals surface area contributed by atoms with E-state index in [-0.39, 0.29) is 11.9 Å². The molecule has 3 nitrogen and oxygen atoms in total. The van der Waals surface area contributed by atoms with E-state index >= 15 is 0 Å². The maximum Gasteiger partial charge on any atom is 0.224 e. The van der Waals surface area contributed by atoms with E-state index in [1.165, 1.54) is 0 Å². The van der Waals surface area contributed by atoms with Gasteiger partial charge < -0.3 is 10.6 Å². The molecule has 2 rings (SSSR count). The molecule has 1 fully saturated rings. The van der Waals surface area contributed by atoms with Gasteiger partial charge in [-0.15, -0.1) is 0 Å². The summed E-state index contributed by atoms with van der Waals surface area (Å²) in [6.07, 6.45) is 0.480. The first kappa shape index (κ1) is 10.6. The fraction of sp³-hybridized carbons (Fsp3) is 0.364. The molecule has 0 saturated carbocycles. The van der Waals surface area contributed by atoms with E-state index < -0.39 is 0 Å². The Balaban J connectivity index is 2.06. The lowest BCUT2D eigenvalue weighted by atomic mass is 10.2. The van der Waals surface area contributed by atoms with Gasteiger partial charge in [0.25, 0.3) is 0 Å². The van der Waals surface area contributed by atoms with Gasteiger partial charge in [-0.2, -0.15) is 0 Å². The Labute approximate surface area is 97.4 Å². The number of likely N-dealkylation sites (tertiary alicyclic amines) is 1. The molecule has 1 aliphatic rings. The molecule has 0 aromatic heterocycles. The van der Waals surface area contributed by atoms with E-state index in [1.807, 2.05) is 29.2 Å². The number of carbonyl (C=O) groups excluding carboxylic acids is 1. The molecule has 1 atom stereocenters. The van der Waals surface area contributed by atoms with E-state index in [0.717, 1.165) is 10.0 Å². The Kier molecular flexibility index (Phi) is 3.07. The topological polar surface area (TPSA) is 46.3 Å². The first-order valence-corrected chi connectivity index (χ1v) is 5.72. The number of nitrogens with two attached hydrogens (primary N) is 1. The summed E-state index contributed by atoms with van der Waals surface area (Å²) in [6.45, 7) is 1.33. The zero-order valence-electron chi connectivity index (χ0n) is 8.32. The molecule has 1 aromatic rings. The van der Waals surface area contributed by atoms with Gasteiger partial charge in [0.2, 0.25) is 5.91 Å². The SMILES string of the molecule is NC1CC(=O)N(Cc2cccc(Br)c2)C1. The van der Waals surface area contributed by atoms with Crippen LogP contribution >= 0.6 is 15.9 Å². The second-order valence-electron chi connectivity index (χ2n) is 3.87. The molecule has 0 aliphatic carbocycles. The lowest BCUT2D eigenvalue weighted by Gasteiger charge is -2.15. The smallest absolute Gasteiger partial charge is 0.224 e. The van der Waals surface area contributed by atoms with Crippen molar-refractivity contribution in [3.8, 4) is 0 Å². The van der Waals surface area contributed by atoms with Gasteiger partial charge in [0, 0.05) is 30.0 Å². The average molecular weight is 269 g/mol. The van der Waals surface area contributed by atoms with Crippen LogP contribution in [0, 0.1) is 0 Å². The van der Waals surface area contributed by atoms with Gasteiger partial charge in [0.15, 0.2) is 0 Å². The van der Waals surface area contributed by atoms with Gasteiger partial charge in [-0.05, 0) is 17.7 Å². The normalized spacial score (nSPS) is 21.1. The Hall–Kier alpha value is -0.870. The Morgan fingerprint density at radius 1 is 1.53 bits per heavy atom. The van der Waals surface area contributed by atoms with Crippen LogP contribution in [0.1, 0.15) is 12.0 Å². The standard InChI is InChI=1S/C11H13BrN2O/c12-9-3-1-2-8(4-9)6-14-7-10(13)5-11(14)15/h1-4,10H,5-7,13H2. The van der Waals surface area contributed by atoms with Crippen LogP contribution in [-0.4, -0.2) is 23.4 Å². The van der Waals surface area contributed by atoms with Crippen LogP contribution in [-0.2, 0) is 11.3 Å².